The third-order valence-electron chi connectivity index (χ3n) is 3.66. The van der Waals surface area contributed by atoms with Gasteiger partial charge in [0, 0.05) is 24.4 Å². The van der Waals surface area contributed by atoms with E-state index in [1.165, 1.54) is 12.1 Å². The van der Waals surface area contributed by atoms with Gasteiger partial charge in [-0.3, -0.25) is 4.79 Å². The van der Waals surface area contributed by atoms with Crippen LogP contribution in [-0.4, -0.2) is 33.2 Å². The van der Waals surface area contributed by atoms with Gasteiger partial charge < -0.3 is 11.1 Å². The van der Waals surface area contributed by atoms with Gasteiger partial charge in [0.15, 0.2) is 9.84 Å². The van der Waals surface area contributed by atoms with E-state index in [1.807, 2.05) is 0 Å². The van der Waals surface area contributed by atoms with E-state index in [9.17, 15) is 13.2 Å². The highest BCUT2D eigenvalue weighted by atomic mass is 32.2. The molecule has 1 aromatic rings. The fourth-order valence-electron chi connectivity index (χ4n) is 2.51. The number of nitrogens with one attached hydrogen (secondary N) is 1. The van der Waals surface area contributed by atoms with E-state index < -0.39 is 9.84 Å². The molecule has 2 unspecified atom stereocenters. The molecule has 2 rings (SSSR count). The van der Waals surface area contributed by atoms with Crippen molar-refractivity contribution in [2.45, 2.75) is 30.2 Å². The second-order valence-corrected chi connectivity index (χ2v) is 7.46. The average Bonchev–Trinajstić information content (AvgIpc) is 2.81. The Balaban J connectivity index is 1.99. The third-order valence-corrected chi connectivity index (χ3v) is 4.77. The number of nitrogens with two attached hydrogens (primary N) is 1. The lowest BCUT2D eigenvalue weighted by Crippen LogP contribution is -2.29. The second kappa shape index (κ2) is 5.93. The zero-order valence-electron chi connectivity index (χ0n) is 11.5. The highest BCUT2D eigenvalue weighted by Crippen LogP contribution is 2.23. The van der Waals surface area contributed by atoms with E-state index in [0.717, 1.165) is 25.5 Å². The van der Waals surface area contributed by atoms with Crippen molar-refractivity contribution in [3.05, 3.63) is 29.8 Å². The van der Waals surface area contributed by atoms with Crippen molar-refractivity contribution in [3.63, 3.8) is 0 Å². The minimum Gasteiger partial charge on any atom is -0.352 e. The first-order valence-corrected chi connectivity index (χ1v) is 8.59. The Morgan fingerprint density at radius 2 is 2.15 bits per heavy atom. The van der Waals surface area contributed by atoms with Gasteiger partial charge in [0.25, 0.3) is 5.91 Å². The van der Waals surface area contributed by atoms with Crippen molar-refractivity contribution < 1.29 is 13.2 Å². The SMILES string of the molecule is CS(=O)(=O)c1cccc(C(=O)NCC2CCC(N)C2)c1. The van der Waals surface area contributed by atoms with E-state index >= 15 is 0 Å². The minimum atomic E-state index is -3.29. The number of carbonyl (C=O) groups is 1. The number of benzene rings is 1. The van der Waals surface area contributed by atoms with Crippen LogP contribution in [0.25, 0.3) is 0 Å². The molecule has 2 atom stereocenters. The predicted molar refractivity (Wildman–Crippen MR) is 77.2 cm³/mol. The van der Waals surface area contributed by atoms with E-state index in [1.54, 1.807) is 12.1 Å². The summed E-state index contributed by atoms with van der Waals surface area (Å²) in [5, 5.41) is 2.85. The number of amides is 1. The predicted octanol–water partition coefficient (Wildman–Crippen LogP) is 0.947. The molecule has 0 aromatic heterocycles. The van der Waals surface area contributed by atoms with Gasteiger partial charge >= 0.3 is 0 Å². The van der Waals surface area contributed by atoms with E-state index in [4.69, 9.17) is 5.73 Å². The van der Waals surface area contributed by atoms with Crippen LogP contribution < -0.4 is 11.1 Å². The first-order valence-electron chi connectivity index (χ1n) is 6.70. The quantitative estimate of drug-likeness (QED) is 0.865. The Hall–Kier alpha value is -1.40. The molecule has 1 saturated carbocycles. The van der Waals surface area contributed by atoms with E-state index in [0.29, 0.717) is 18.0 Å². The maximum Gasteiger partial charge on any atom is 0.251 e. The molecule has 3 N–H and O–H groups in total. The van der Waals surface area contributed by atoms with E-state index in [2.05, 4.69) is 5.32 Å². The largest absolute Gasteiger partial charge is 0.352 e. The molecule has 20 heavy (non-hydrogen) atoms. The summed E-state index contributed by atoms with van der Waals surface area (Å²) in [6, 6.07) is 6.33. The van der Waals surface area contributed by atoms with Crippen molar-refractivity contribution >= 4 is 15.7 Å². The lowest BCUT2D eigenvalue weighted by molar-refractivity contribution is 0.0947. The second-order valence-electron chi connectivity index (χ2n) is 5.45. The molecule has 0 bridgehead atoms. The molecule has 1 fully saturated rings. The summed E-state index contributed by atoms with van der Waals surface area (Å²) in [6.45, 7) is 0.593. The smallest absolute Gasteiger partial charge is 0.251 e. The highest BCUT2D eigenvalue weighted by Gasteiger charge is 2.22. The summed E-state index contributed by atoms with van der Waals surface area (Å²) in [6.07, 6.45) is 4.10. The standard InChI is InChI=1S/C14H20N2O3S/c1-20(18,19)13-4-2-3-11(8-13)14(17)16-9-10-5-6-12(15)7-10/h2-4,8,10,12H,5-7,9,15H2,1H3,(H,16,17). The van der Waals surface area contributed by atoms with Crippen LogP contribution in [0.3, 0.4) is 0 Å². The molecule has 0 spiro atoms. The van der Waals surface area contributed by atoms with Crippen LogP contribution in [0, 0.1) is 5.92 Å². The topological polar surface area (TPSA) is 89.3 Å². The molecule has 6 heteroatoms. The molecule has 1 aromatic carbocycles. The number of sulfone groups is 1. The Morgan fingerprint density at radius 1 is 1.40 bits per heavy atom. The summed E-state index contributed by atoms with van der Waals surface area (Å²) in [5.41, 5.74) is 6.20. The zero-order chi connectivity index (χ0) is 14.8. The third kappa shape index (κ3) is 3.80. The number of hydrogen-bond acceptors (Lipinski definition) is 4. The van der Waals surface area contributed by atoms with Crippen LogP contribution in [0.5, 0.6) is 0 Å². The Kier molecular flexibility index (Phi) is 4.45. The Labute approximate surface area is 119 Å². The first kappa shape index (κ1) is 15.0. The van der Waals surface area contributed by atoms with Gasteiger partial charge in [-0.25, -0.2) is 8.42 Å². The summed E-state index contributed by atoms with van der Waals surface area (Å²) in [7, 11) is -3.29. The van der Waals surface area contributed by atoms with Gasteiger partial charge in [-0.2, -0.15) is 0 Å². The first-order chi connectivity index (χ1) is 9.36. The van der Waals surface area contributed by atoms with Crippen molar-refractivity contribution in [3.8, 4) is 0 Å². The van der Waals surface area contributed by atoms with Crippen molar-refractivity contribution in [1.29, 1.82) is 0 Å². The fourth-order valence-corrected chi connectivity index (χ4v) is 3.17. The summed E-state index contributed by atoms with van der Waals surface area (Å²) in [4.78, 5) is 12.2. The number of carbonyl (C=O) groups excluding carboxylic acids is 1. The lowest BCUT2D eigenvalue weighted by atomic mass is 10.1. The Bertz CT molecular complexity index is 598. The van der Waals surface area contributed by atoms with Gasteiger partial charge in [-0.1, -0.05) is 6.07 Å². The molecule has 5 nitrogen and oxygen atoms in total. The molecule has 110 valence electrons. The fraction of sp³-hybridized carbons (Fsp3) is 0.500. The van der Waals surface area contributed by atoms with Gasteiger partial charge in [-0.15, -0.1) is 0 Å². The summed E-state index contributed by atoms with van der Waals surface area (Å²) in [5.74, 6) is 0.183. The molecular formula is C14H20N2O3S. The molecule has 0 heterocycles. The van der Waals surface area contributed by atoms with Gasteiger partial charge in [0.05, 0.1) is 4.90 Å². The minimum absolute atomic E-state index is 0.160. The highest BCUT2D eigenvalue weighted by molar-refractivity contribution is 7.90. The average molecular weight is 296 g/mol. The van der Waals surface area contributed by atoms with Crippen LogP contribution in [-0.2, 0) is 9.84 Å². The van der Waals surface area contributed by atoms with Gasteiger partial charge in [0.1, 0.15) is 0 Å². The van der Waals surface area contributed by atoms with Crippen molar-refractivity contribution in [2.24, 2.45) is 11.7 Å². The molecule has 1 amide bonds. The Morgan fingerprint density at radius 3 is 2.75 bits per heavy atom. The van der Waals surface area contributed by atoms with Crippen molar-refractivity contribution in [1.82, 2.24) is 5.32 Å². The van der Waals surface area contributed by atoms with E-state index in [-0.39, 0.29) is 16.8 Å². The normalized spacial score (nSPS) is 22.7. The molecule has 1 aliphatic rings. The molecular weight excluding hydrogens is 276 g/mol. The molecule has 0 aliphatic heterocycles. The molecule has 0 radical (unpaired) electrons. The van der Waals surface area contributed by atoms with Gasteiger partial charge in [0.2, 0.25) is 0 Å². The zero-order valence-corrected chi connectivity index (χ0v) is 12.3. The summed E-state index contributed by atoms with van der Waals surface area (Å²) >= 11 is 0. The molecule has 0 saturated heterocycles. The van der Waals surface area contributed by atoms with Gasteiger partial charge in [-0.05, 0) is 43.4 Å². The van der Waals surface area contributed by atoms with Crippen LogP contribution in [0.2, 0.25) is 0 Å². The maximum atomic E-state index is 12.0. The van der Waals surface area contributed by atoms with Crippen LogP contribution in [0.4, 0.5) is 0 Å². The lowest BCUT2D eigenvalue weighted by Gasteiger charge is -2.11. The van der Waals surface area contributed by atoms with Crippen molar-refractivity contribution in [2.75, 3.05) is 12.8 Å². The molecule has 1 aliphatic carbocycles. The van der Waals surface area contributed by atoms with Crippen LogP contribution >= 0.6 is 0 Å². The van der Waals surface area contributed by atoms with Crippen LogP contribution in [0.1, 0.15) is 29.6 Å². The van der Waals surface area contributed by atoms with Crippen LogP contribution in [0.15, 0.2) is 29.2 Å². The number of hydrogen-bond donors (Lipinski definition) is 2. The number of rotatable bonds is 4. The monoisotopic (exact) mass is 296 g/mol. The summed E-state index contributed by atoms with van der Waals surface area (Å²) < 4.78 is 22.9. The maximum absolute atomic E-state index is 12.0.